The van der Waals surface area contributed by atoms with Crippen LogP contribution < -0.4 is 24.3 Å². The van der Waals surface area contributed by atoms with Crippen molar-refractivity contribution in [1.29, 1.82) is 0 Å². The molecule has 0 radical (unpaired) electrons. The van der Waals surface area contributed by atoms with E-state index < -0.39 is 17.6 Å². The van der Waals surface area contributed by atoms with E-state index in [4.69, 9.17) is 4.74 Å². The Morgan fingerprint density at radius 2 is 0.600 bits per heavy atom. The van der Waals surface area contributed by atoms with Gasteiger partial charge in [-0.15, -0.1) is 0 Å². The normalized spacial score (nSPS) is 16.4. The molecule has 0 saturated carbocycles. The molecule has 16 bridgehead atoms. The summed E-state index contributed by atoms with van der Waals surface area (Å²) in [4.78, 5) is 10.9. The number of nitrogens with zero attached hydrogens (tertiary/aromatic N) is 4. The van der Waals surface area contributed by atoms with Crippen LogP contribution in [0.2, 0.25) is 0 Å². The summed E-state index contributed by atoms with van der Waals surface area (Å²) in [7, 11) is 0. The summed E-state index contributed by atoms with van der Waals surface area (Å²) in [6.45, 7) is 39.1. The zero-order valence-electron chi connectivity index (χ0n) is 54.8. The number of hydrogen-bond acceptors (Lipinski definition) is 5. The Morgan fingerprint density at radius 1 is 0.311 bits per heavy atom. The van der Waals surface area contributed by atoms with Gasteiger partial charge in [0, 0.05) is 0 Å². The van der Waals surface area contributed by atoms with Crippen LogP contribution in [-0.4, -0.2) is 8.29 Å². The van der Waals surface area contributed by atoms with Crippen LogP contribution in [0.1, 0.15) is 155 Å². The third-order valence-electron chi connectivity index (χ3n) is 20.7. The molecule has 0 N–H and O–H groups in total. The summed E-state index contributed by atoms with van der Waals surface area (Å²) in [5, 5.41) is 0. The van der Waals surface area contributed by atoms with Crippen LogP contribution in [0.4, 0.5) is 45.5 Å². The Kier molecular flexibility index (Phi) is 11.3. The Hall–Kier alpha value is -8.37. The van der Waals surface area contributed by atoms with Gasteiger partial charge in [0.1, 0.15) is 0 Å². The molecule has 7 aliphatic rings. The summed E-state index contributed by atoms with van der Waals surface area (Å²) in [5.41, 5.74) is 33.5. The fraction of sp³-hybridized carbons (Fsp3) is 0.262. The van der Waals surface area contributed by atoms with Gasteiger partial charge in [-0.2, -0.15) is 0 Å². The first-order valence-electron chi connectivity index (χ1n) is 32.3. The number of ether oxygens (including phenoxy) is 1. The van der Waals surface area contributed by atoms with Crippen molar-refractivity contribution in [2.75, 3.05) is 19.6 Å². The molecule has 2 aliphatic carbocycles. The molecule has 0 spiro atoms. The molecule has 0 atom stereocenters. The maximum absolute atomic E-state index is 7.13. The minimum atomic E-state index is -1.34. The first-order valence-corrected chi connectivity index (χ1v) is 34.6. The summed E-state index contributed by atoms with van der Waals surface area (Å²) in [6.07, 6.45) is 0. The van der Waals surface area contributed by atoms with E-state index >= 15 is 0 Å². The Labute approximate surface area is 540 Å². The molecule has 0 saturated heterocycles. The van der Waals surface area contributed by atoms with Gasteiger partial charge in [0.05, 0.1) is 0 Å². The van der Waals surface area contributed by atoms with Gasteiger partial charge in [0.25, 0.3) is 0 Å². The van der Waals surface area contributed by atoms with E-state index in [9.17, 15) is 0 Å². The molecule has 6 heteroatoms. The molecular formula is C84H78N4OPt. The quantitative estimate of drug-likeness (QED) is 0.150. The van der Waals surface area contributed by atoms with E-state index in [2.05, 4.69) is 312 Å². The molecule has 17 rings (SSSR count). The molecule has 5 heterocycles. The molecule has 10 aromatic rings. The van der Waals surface area contributed by atoms with Crippen LogP contribution in [-0.2, 0) is 50.1 Å². The fourth-order valence-corrected chi connectivity index (χ4v) is 20.0. The predicted molar refractivity (Wildman–Crippen MR) is 376 cm³/mol. The second-order valence-corrected chi connectivity index (χ2v) is 34.0. The summed E-state index contributed by atoms with van der Waals surface area (Å²) in [5.74, 6) is 1.59. The number of anilines is 8. The van der Waals surface area contributed by atoms with Crippen molar-refractivity contribution >= 4 is 53.8 Å². The first-order chi connectivity index (χ1) is 42.7. The molecule has 90 heavy (non-hydrogen) atoms. The third kappa shape index (κ3) is 7.65. The Bertz CT molecular complexity index is 4490. The topological polar surface area (TPSA) is 22.2 Å². The van der Waals surface area contributed by atoms with E-state index in [0.717, 1.165) is 45.6 Å². The van der Waals surface area contributed by atoms with Crippen molar-refractivity contribution in [3.8, 4) is 78.3 Å². The summed E-state index contributed by atoms with van der Waals surface area (Å²) >= 11 is -1.34. The van der Waals surface area contributed by atoms with E-state index in [1.807, 2.05) is 0 Å². The van der Waals surface area contributed by atoms with Crippen molar-refractivity contribution in [1.82, 2.24) is 0 Å². The number of benzene rings is 10. The van der Waals surface area contributed by atoms with Gasteiger partial charge in [0.15, 0.2) is 0 Å². The van der Waals surface area contributed by atoms with Crippen LogP contribution in [0.25, 0.3) is 66.8 Å². The molecule has 0 aromatic heterocycles. The molecule has 450 valence electrons. The molecule has 0 unspecified atom stereocenters. The van der Waals surface area contributed by atoms with Crippen LogP contribution >= 0.6 is 0 Å². The molecule has 0 fully saturated rings. The number of hydrogen-bond donors (Lipinski definition) is 0. The average Bonchev–Trinajstić information content (AvgIpc) is 1.43. The van der Waals surface area contributed by atoms with Crippen LogP contribution in [0, 0.1) is 0 Å². The van der Waals surface area contributed by atoms with Gasteiger partial charge in [0.2, 0.25) is 0 Å². The molecule has 5 nitrogen and oxygen atoms in total. The molecule has 0 amide bonds. The summed E-state index contributed by atoms with van der Waals surface area (Å²) < 4.78 is 9.60. The van der Waals surface area contributed by atoms with Gasteiger partial charge in [-0.3, -0.25) is 0 Å². The van der Waals surface area contributed by atoms with Gasteiger partial charge in [-0.1, -0.05) is 0 Å². The van der Waals surface area contributed by atoms with Crippen molar-refractivity contribution in [3.05, 3.63) is 226 Å². The summed E-state index contributed by atoms with van der Waals surface area (Å²) in [6, 6.07) is 72.1. The van der Waals surface area contributed by atoms with Crippen molar-refractivity contribution in [2.45, 2.75) is 143 Å². The van der Waals surface area contributed by atoms with Crippen LogP contribution in [0.5, 0.6) is 11.5 Å². The minimum absolute atomic E-state index is 0.259. The molecule has 10 aromatic carbocycles. The Morgan fingerprint density at radius 3 is 0.889 bits per heavy atom. The van der Waals surface area contributed by atoms with E-state index in [-0.39, 0.29) is 32.5 Å². The molecular weight excluding hydrogens is 1280 g/mol. The number of para-hydroxylation sites is 4. The van der Waals surface area contributed by atoms with Crippen molar-refractivity contribution in [3.63, 3.8) is 0 Å². The van der Waals surface area contributed by atoms with Crippen molar-refractivity contribution < 1.29 is 22.4 Å². The zero-order valence-corrected chi connectivity index (χ0v) is 57.1. The number of fused-ring (bicyclic) bond motifs is 18. The van der Waals surface area contributed by atoms with Gasteiger partial charge < -0.3 is 0 Å². The predicted octanol–water partition coefficient (Wildman–Crippen LogP) is 22.4. The van der Waals surface area contributed by atoms with Crippen molar-refractivity contribution in [2.24, 2.45) is 0 Å². The van der Waals surface area contributed by atoms with E-state index in [1.165, 1.54) is 131 Å². The van der Waals surface area contributed by atoms with Gasteiger partial charge in [-0.25, -0.2) is 0 Å². The third-order valence-corrected chi connectivity index (χ3v) is 23.8. The zero-order chi connectivity index (χ0) is 62.4. The Balaban J connectivity index is 1.23. The van der Waals surface area contributed by atoms with Gasteiger partial charge in [-0.05, 0) is 0 Å². The van der Waals surface area contributed by atoms with Crippen LogP contribution in [0.3, 0.4) is 0 Å². The average molecular weight is 1350 g/mol. The number of rotatable bonds is 0. The van der Waals surface area contributed by atoms with Gasteiger partial charge >= 0.3 is 544 Å². The van der Waals surface area contributed by atoms with E-state index in [0.29, 0.717) is 0 Å². The standard InChI is InChI=1S/C84H78N4O.Pt/c1-79(2,3)65-45-66(80(4,5)6)74-50-32-36-63-59(40-50)60-42-52(34-38-64(60)84(63,15)16)76-68(82(10,11)12)46-67(81(7,8)9)75-51-33-37-62-58(41-51)57-39-49(31-35-61(57)83(62,13)14)73(65)77(74)87-47-85(69-27-17-19-29-71(69)87)53-23-21-25-55(43-53)89-56-26-22-24-54(44-56)86-48-88(78(75)76)72-30-20-18-28-70(72)86;/h17-46H,1-16H3;. The fourth-order valence-electron chi connectivity index (χ4n) is 16.3. The molecule has 5 aliphatic heterocycles. The second-order valence-electron chi connectivity index (χ2n) is 31.4. The van der Waals surface area contributed by atoms with E-state index in [1.54, 1.807) is 0 Å². The first kappa shape index (κ1) is 55.7. The maximum atomic E-state index is 7.13. The monoisotopic (exact) mass is 1350 g/mol. The van der Waals surface area contributed by atoms with Crippen LogP contribution in [0.15, 0.2) is 182 Å². The second kappa shape index (κ2) is 18.2. The SMILES string of the molecule is CC(C)(C)c1cc(C(C)(C)C)c2c3c1-c1ccc4c(c1)-c1cc(ccc1C4(C)C)-c1c(C(C)(C)C)cc(C(C)(C)C)c(c1N1[C]4=[Pt]=[C]5N(c6cccc(c6)Oc6cccc(c6)N4c4ccccc41)c1ccccc1N53)-c1ccc3c(c1)-c1cc-2ccc1C3(C)C.